The lowest BCUT2D eigenvalue weighted by Crippen LogP contribution is -2.47. The Morgan fingerprint density at radius 3 is 2.85 bits per heavy atom. The summed E-state index contributed by atoms with van der Waals surface area (Å²) >= 11 is 0. The molecule has 1 aromatic heterocycles. The Hall–Kier alpha value is -1.87. The van der Waals surface area contributed by atoms with E-state index in [1.54, 1.807) is 0 Å². The number of benzene rings is 1. The molecule has 0 radical (unpaired) electrons. The zero-order valence-electron chi connectivity index (χ0n) is 11.9. The maximum atomic E-state index is 4.25. The third-order valence-corrected chi connectivity index (χ3v) is 4.02. The van der Waals surface area contributed by atoms with Crippen molar-refractivity contribution >= 4 is 5.69 Å². The standard InChI is InChI=1S/C17H21N3/c1-18-17-10-4-5-12-20(17)16-9-3-2-8-15(16)14-7-6-11-19-13-14/h2-3,6-9,11,13,17-18H,4-5,10,12H2,1H3. The van der Waals surface area contributed by atoms with Gasteiger partial charge < -0.3 is 10.2 Å². The van der Waals surface area contributed by atoms with Gasteiger partial charge in [-0.2, -0.15) is 0 Å². The average Bonchev–Trinajstić information content (AvgIpc) is 2.55. The van der Waals surface area contributed by atoms with Gasteiger partial charge in [0.25, 0.3) is 0 Å². The van der Waals surface area contributed by atoms with Crippen molar-refractivity contribution < 1.29 is 0 Å². The number of hydrogen-bond donors (Lipinski definition) is 1. The topological polar surface area (TPSA) is 28.2 Å². The van der Waals surface area contributed by atoms with Crippen LogP contribution in [0.25, 0.3) is 11.1 Å². The smallest absolute Gasteiger partial charge is 0.0793 e. The number of anilines is 1. The molecule has 20 heavy (non-hydrogen) atoms. The normalized spacial score (nSPS) is 19.1. The third-order valence-electron chi connectivity index (χ3n) is 4.02. The summed E-state index contributed by atoms with van der Waals surface area (Å²) in [5, 5.41) is 3.44. The van der Waals surface area contributed by atoms with Crippen LogP contribution >= 0.6 is 0 Å². The summed E-state index contributed by atoms with van der Waals surface area (Å²) in [6.45, 7) is 1.11. The van der Waals surface area contributed by atoms with Gasteiger partial charge in [-0.05, 0) is 38.4 Å². The van der Waals surface area contributed by atoms with Crippen molar-refractivity contribution in [2.45, 2.75) is 25.4 Å². The molecule has 1 aliphatic heterocycles. The number of para-hydroxylation sites is 1. The Morgan fingerprint density at radius 1 is 1.15 bits per heavy atom. The first kappa shape index (κ1) is 13.1. The van der Waals surface area contributed by atoms with Crippen LogP contribution in [0.4, 0.5) is 5.69 Å². The highest BCUT2D eigenvalue weighted by atomic mass is 15.3. The molecule has 3 nitrogen and oxygen atoms in total. The van der Waals surface area contributed by atoms with Crippen molar-refractivity contribution in [3.63, 3.8) is 0 Å². The van der Waals surface area contributed by atoms with Gasteiger partial charge in [-0.25, -0.2) is 0 Å². The largest absolute Gasteiger partial charge is 0.356 e. The van der Waals surface area contributed by atoms with Gasteiger partial charge in [0.1, 0.15) is 0 Å². The van der Waals surface area contributed by atoms with E-state index in [1.807, 2.05) is 18.5 Å². The molecule has 3 rings (SSSR count). The second-order valence-electron chi connectivity index (χ2n) is 5.25. The molecule has 3 heteroatoms. The van der Waals surface area contributed by atoms with E-state index < -0.39 is 0 Å². The van der Waals surface area contributed by atoms with E-state index in [0.29, 0.717) is 6.17 Å². The van der Waals surface area contributed by atoms with Crippen molar-refractivity contribution in [1.29, 1.82) is 0 Å². The van der Waals surface area contributed by atoms with E-state index in [1.165, 1.54) is 36.1 Å². The van der Waals surface area contributed by atoms with Crippen LogP contribution in [0.5, 0.6) is 0 Å². The summed E-state index contributed by atoms with van der Waals surface area (Å²) in [4.78, 5) is 6.74. The quantitative estimate of drug-likeness (QED) is 0.925. The fourth-order valence-corrected chi connectivity index (χ4v) is 3.01. The van der Waals surface area contributed by atoms with Crippen LogP contribution in [0.15, 0.2) is 48.8 Å². The van der Waals surface area contributed by atoms with E-state index in [4.69, 9.17) is 0 Å². The van der Waals surface area contributed by atoms with Crippen LogP contribution in [-0.4, -0.2) is 24.7 Å². The van der Waals surface area contributed by atoms with Crippen LogP contribution in [0.2, 0.25) is 0 Å². The van der Waals surface area contributed by atoms with Gasteiger partial charge in [0.2, 0.25) is 0 Å². The van der Waals surface area contributed by atoms with Crippen molar-refractivity contribution in [3.05, 3.63) is 48.8 Å². The molecule has 1 saturated heterocycles. The summed E-state index contributed by atoms with van der Waals surface area (Å²) in [5.74, 6) is 0. The van der Waals surface area contributed by atoms with Gasteiger partial charge in [0.05, 0.1) is 6.17 Å². The van der Waals surface area contributed by atoms with Gasteiger partial charge in [0, 0.05) is 35.8 Å². The molecular weight excluding hydrogens is 246 g/mol. The number of rotatable bonds is 3. The molecule has 0 amide bonds. The SMILES string of the molecule is CNC1CCCCN1c1ccccc1-c1cccnc1. The predicted molar refractivity (Wildman–Crippen MR) is 83.7 cm³/mol. The van der Waals surface area contributed by atoms with Gasteiger partial charge >= 0.3 is 0 Å². The molecule has 2 aromatic rings. The average molecular weight is 267 g/mol. The minimum absolute atomic E-state index is 0.432. The minimum Gasteiger partial charge on any atom is -0.356 e. The van der Waals surface area contributed by atoms with Crippen molar-refractivity contribution in [2.24, 2.45) is 0 Å². The zero-order chi connectivity index (χ0) is 13.8. The summed E-state index contributed by atoms with van der Waals surface area (Å²) in [6.07, 6.45) is 7.97. The number of pyridine rings is 1. The summed E-state index contributed by atoms with van der Waals surface area (Å²) in [6, 6.07) is 12.8. The van der Waals surface area contributed by atoms with Crippen LogP contribution in [-0.2, 0) is 0 Å². The first-order chi connectivity index (χ1) is 9.90. The minimum atomic E-state index is 0.432. The molecule has 1 atom stereocenters. The number of nitrogens with one attached hydrogen (secondary N) is 1. The van der Waals surface area contributed by atoms with Crippen molar-refractivity contribution in [3.8, 4) is 11.1 Å². The third kappa shape index (κ3) is 2.54. The van der Waals surface area contributed by atoms with Crippen LogP contribution in [0.1, 0.15) is 19.3 Å². The number of piperidine rings is 1. The van der Waals surface area contributed by atoms with Crippen LogP contribution in [0.3, 0.4) is 0 Å². The maximum absolute atomic E-state index is 4.25. The summed E-state index contributed by atoms with van der Waals surface area (Å²) in [5.41, 5.74) is 3.76. The fourth-order valence-electron chi connectivity index (χ4n) is 3.01. The lowest BCUT2D eigenvalue weighted by molar-refractivity contribution is 0.418. The van der Waals surface area contributed by atoms with Gasteiger partial charge in [-0.3, -0.25) is 4.98 Å². The molecule has 0 bridgehead atoms. The number of aromatic nitrogens is 1. The molecule has 1 fully saturated rings. The fraction of sp³-hybridized carbons (Fsp3) is 0.353. The van der Waals surface area contributed by atoms with Crippen molar-refractivity contribution in [1.82, 2.24) is 10.3 Å². The number of nitrogens with zero attached hydrogens (tertiary/aromatic N) is 2. The molecular formula is C17H21N3. The van der Waals surface area contributed by atoms with Crippen molar-refractivity contribution in [2.75, 3.05) is 18.5 Å². The molecule has 0 aliphatic carbocycles. The summed E-state index contributed by atoms with van der Waals surface area (Å²) in [7, 11) is 2.05. The first-order valence-corrected chi connectivity index (χ1v) is 7.33. The molecule has 1 aliphatic rings. The molecule has 0 spiro atoms. The van der Waals surface area contributed by atoms with Crippen LogP contribution in [0, 0.1) is 0 Å². The summed E-state index contributed by atoms with van der Waals surface area (Å²) < 4.78 is 0. The highest BCUT2D eigenvalue weighted by Crippen LogP contribution is 2.33. The second kappa shape index (κ2) is 6.06. The maximum Gasteiger partial charge on any atom is 0.0793 e. The van der Waals surface area contributed by atoms with E-state index in [-0.39, 0.29) is 0 Å². The van der Waals surface area contributed by atoms with Gasteiger partial charge in [-0.15, -0.1) is 0 Å². The highest BCUT2D eigenvalue weighted by molar-refractivity contribution is 5.78. The molecule has 1 N–H and O–H groups in total. The Morgan fingerprint density at radius 2 is 2.05 bits per heavy atom. The lowest BCUT2D eigenvalue weighted by atomic mass is 10.0. The van der Waals surface area contributed by atoms with E-state index in [0.717, 1.165) is 6.54 Å². The Bertz CT molecular complexity index is 553. The zero-order valence-corrected chi connectivity index (χ0v) is 11.9. The Kier molecular flexibility index (Phi) is 3.97. The van der Waals surface area contributed by atoms with E-state index in [2.05, 4.69) is 52.6 Å². The predicted octanol–water partition coefficient (Wildman–Crippen LogP) is 3.28. The molecule has 2 heterocycles. The number of hydrogen-bond acceptors (Lipinski definition) is 3. The Balaban J connectivity index is 2.01. The highest BCUT2D eigenvalue weighted by Gasteiger charge is 2.23. The van der Waals surface area contributed by atoms with Gasteiger partial charge in [0.15, 0.2) is 0 Å². The van der Waals surface area contributed by atoms with E-state index in [9.17, 15) is 0 Å². The molecule has 1 unspecified atom stereocenters. The lowest BCUT2D eigenvalue weighted by Gasteiger charge is -2.38. The monoisotopic (exact) mass is 267 g/mol. The molecule has 1 aromatic carbocycles. The first-order valence-electron chi connectivity index (χ1n) is 7.33. The van der Waals surface area contributed by atoms with Gasteiger partial charge in [-0.1, -0.05) is 24.3 Å². The van der Waals surface area contributed by atoms with E-state index >= 15 is 0 Å². The Labute approximate surface area is 120 Å². The van der Waals surface area contributed by atoms with Crippen LogP contribution < -0.4 is 10.2 Å². The molecule has 104 valence electrons. The second-order valence-corrected chi connectivity index (χ2v) is 5.25. The molecule has 0 saturated carbocycles.